The van der Waals surface area contributed by atoms with Crippen LogP contribution in [0.3, 0.4) is 0 Å². The maximum atomic E-state index is 15.3. The number of likely N-dealkylation sites (tertiary alicyclic amines) is 6. The summed E-state index contributed by atoms with van der Waals surface area (Å²) in [5, 5.41) is 2.83. The van der Waals surface area contributed by atoms with Gasteiger partial charge in [-0.1, -0.05) is 0 Å². The molecule has 8 aliphatic rings. The highest BCUT2D eigenvalue weighted by Crippen LogP contribution is 2.54. The molecular weight excluding hydrogens is 740 g/mol. The number of nitrogens with zero attached hydrogens (tertiary/aromatic N) is 6. The number of carbonyl (C=O) groups is 4. The molecule has 2 spiro atoms. The predicted molar refractivity (Wildman–Crippen MR) is 206 cm³/mol. The van der Waals surface area contributed by atoms with Gasteiger partial charge in [-0.15, -0.1) is 0 Å². The Morgan fingerprint density at radius 2 is 1.28 bits per heavy atom. The van der Waals surface area contributed by atoms with E-state index in [0.29, 0.717) is 38.2 Å². The Hall–Kier alpha value is -2.82. The van der Waals surface area contributed by atoms with Crippen molar-refractivity contribution in [2.24, 2.45) is 10.8 Å². The van der Waals surface area contributed by atoms with Crippen LogP contribution in [-0.4, -0.2) is 187 Å². The molecule has 57 heavy (non-hydrogen) atoms. The number of likely N-dealkylation sites (N-methyl/N-ethyl adjacent to an activating group) is 1. The molecule has 6 heterocycles. The van der Waals surface area contributed by atoms with Gasteiger partial charge in [-0.3, -0.25) is 24.3 Å². The Labute approximate surface area is 336 Å². The minimum Gasteiger partial charge on any atom is -0.459 e. The quantitative estimate of drug-likeness (QED) is 0.273. The molecule has 14 nitrogen and oxygen atoms in total. The molecule has 3 unspecified atom stereocenters. The second-order valence-electron chi connectivity index (χ2n) is 18.6. The van der Waals surface area contributed by atoms with Crippen molar-refractivity contribution in [1.29, 1.82) is 0 Å². The van der Waals surface area contributed by atoms with Crippen LogP contribution in [0, 0.1) is 10.8 Å². The lowest BCUT2D eigenvalue weighted by Gasteiger charge is -2.57. The van der Waals surface area contributed by atoms with E-state index in [4.69, 9.17) is 14.2 Å². The standard InChI is InChI=1S/C41H65F2N7O7/c1-4-55-37(53)47-19-12-39(25-47)21-30(22-39)45-15-8-29(9-16-45)50-27-41(42,43)24-33(50)36(52)57-34-32(23-40(34)13-20-48(26-40)38(54)56-5-2)46-17-10-28(11-18-46)49-14-6-7-31(49)35(51)44-3/h28-34H,4-27H2,1-3H3,(H,44,51)/t30?,31-,32?,33+,34?,39?,40?/m0/s1. The van der Waals surface area contributed by atoms with Crippen LogP contribution in [0.2, 0.25) is 0 Å². The molecule has 5 atom stereocenters. The first kappa shape index (κ1) is 40.9. The van der Waals surface area contributed by atoms with Crippen molar-refractivity contribution in [3.8, 4) is 0 Å². The lowest BCUT2D eigenvalue weighted by Crippen LogP contribution is -2.67. The fraction of sp³-hybridized carbons (Fsp3) is 0.902. The second-order valence-corrected chi connectivity index (χ2v) is 18.6. The molecule has 6 aliphatic heterocycles. The summed E-state index contributed by atoms with van der Waals surface area (Å²) in [5.41, 5.74) is -0.281. The van der Waals surface area contributed by atoms with E-state index in [-0.39, 0.29) is 48.2 Å². The van der Waals surface area contributed by atoms with Crippen LogP contribution in [0.25, 0.3) is 0 Å². The molecule has 0 aromatic heterocycles. The Morgan fingerprint density at radius 1 is 0.667 bits per heavy atom. The number of esters is 1. The summed E-state index contributed by atoms with van der Waals surface area (Å²) < 4.78 is 47.7. The maximum absolute atomic E-state index is 15.3. The lowest BCUT2D eigenvalue weighted by molar-refractivity contribution is -0.193. The molecule has 16 heteroatoms. The van der Waals surface area contributed by atoms with Crippen molar-refractivity contribution < 1.29 is 42.2 Å². The van der Waals surface area contributed by atoms with Gasteiger partial charge in [-0.25, -0.2) is 18.4 Å². The number of alkyl halides is 2. The highest BCUT2D eigenvalue weighted by atomic mass is 19.3. The van der Waals surface area contributed by atoms with Gasteiger partial charge in [0.25, 0.3) is 5.92 Å². The van der Waals surface area contributed by atoms with Gasteiger partial charge in [0.1, 0.15) is 12.1 Å². The molecular formula is C41H65F2N7O7. The zero-order valence-electron chi connectivity index (χ0n) is 34.3. The fourth-order valence-electron chi connectivity index (χ4n) is 12.4. The molecule has 0 aromatic carbocycles. The number of hydrogen-bond acceptors (Lipinski definition) is 11. The summed E-state index contributed by atoms with van der Waals surface area (Å²) in [7, 11) is 1.70. The van der Waals surface area contributed by atoms with Crippen molar-refractivity contribution >= 4 is 24.1 Å². The predicted octanol–water partition coefficient (Wildman–Crippen LogP) is 3.38. The molecule has 6 saturated heterocycles. The highest BCUT2D eigenvalue weighted by Gasteiger charge is 2.63. The van der Waals surface area contributed by atoms with Crippen LogP contribution >= 0.6 is 0 Å². The molecule has 2 aliphatic carbocycles. The lowest BCUT2D eigenvalue weighted by atomic mass is 9.61. The monoisotopic (exact) mass is 805 g/mol. The number of carbonyl (C=O) groups excluding carboxylic acids is 4. The molecule has 0 aromatic rings. The van der Waals surface area contributed by atoms with E-state index < -0.39 is 42.4 Å². The fourth-order valence-corrected chi connectivity index (χ4v) is 12.4. The van der Waals surface area contributed by atoms with Crippen LogP contribution in [0.4, 0.5) is 18.4 Å². The van der Waals surface area contributed by atoms with Gasteiger partial charge in [-0.05, 0) is 110 Å². The average molecular weight is 806 g/mol. The Balaban J connectivity index is 0.896. The number of rotatable bonds is 9. The van der Waals surface area contributed by atoms with Gasteiger partial charge in [0.05, 0.1) is 25.8 Å². The molecule has 1 N–H and O–H groups in total. The molecule has 0 radical (unpaired) electrons. The normalized spacial score (nSPS) is 36.8. The Morgan fingerprint density at radius 3 is 1.93 bits per heavy atom. The van der Waals surface area contributed by atoms with Crippen LogP contribution in [0.1, 0.15) is 90.9 Å². The third kappa shape index (κ3) is 7.97. The smallest absolute Gasteiger partial charge is 0.409 e. The van der Waals surface area contributed by atoms with Crippen LogP contribution in [0.5, 0.6) is 0 Å². The minimum atomic E-state index is -2.98. The minimum absolute atomic E-state index is 0.0565. The number of hydrogen-bond donors (Lipinski definition) is 1. The number of nitrogens with one attached hydrogen (secondary N) is 1. The summed E-state index contributed by atoms with van der Waals surface area (Å²) in [5.74, 6) is -3.47. The summed E-state index contributed by atoms with van der Waals surface area (Å²) in [6.07, 6.45) is 7.98. The largest absolute Gasteiger partial charge is 0.459 e. The number of amides is 3. The van der Waals surface area contributed by atoms with E-state index in [1.807, 2.05) is 11.8 Å². The Kier molecular flexibility index (Phi) is 11.7. The van der Waals surface area contributed by atoms with Gasteiger partial charge in [0.15, 0.2) is 0 Å². The van der Waals surface area contributed by atoms with Gasteiger partial charge < -0.3 is 34.2 Å². The SMILES string of the molecule is CCOC(=O)N1CCC2(CC(N3CCC(N4CC(F)(F)C[C@@H]4C(=O)OC4C(N5CCC(N6CCC[C@H]6C(=O)NC)CC5)CC45CCN(C(=O)OCC)C5)CC3)C2)C1. The van der Waals surface area contributed by atoms with E-state index >= 15 is 8.78 Å². The van der Waals surface area contributed by atoms with Gasteiger partial charge in [0, 0.05) is 82.3 Å². The van der Waals surface area contributed by atoms with Crippen molar-refractivity contribution in [3.63, 3.8) is 0 Å². The van der Waals surface area contributed by atoms with Crippen molar-refractivity contribution in [3.05, 3.63) is 0 Å². The zero-order chi connectivity index (χ0) is 40.1. The highest BCUT2D eigenvalue weighted by molar-refractivity contribution is 5.81. The summed E-state index contributed by atoms with van der Waals surface area (Å²) in [4.78, 5) is 64.5. The van der Waals surface area contributed by atoms with E-state index in [9.17, 15) is 19.2 Å². The van der Waals surface area contributed by atoms with Gasteiger partial charge in [0.2, 0.25) is 5.91 Å². The molecule has 0 bridgehead atoms. The third-order valence-electron chi connectivity index (χ3n) is 15.4. The molecule has 8 rings (SSSR count). The summed E-state index contributed by atoms with van der Waals surface area (Å²) in [6.45, 7) is 10.3. The number of halogens is 2. The molecule has 3 amide bonds. The Bertz CT molecular complexity index is 1500. The van der Waals surface area contributed by atoms with Gasteiger partial charge >= 0.3 is 18.2 Å². The third-order valence-corrected chi connectivity index (χ3v) is 15.4. The van der Waals surface area contributed by atoms with Crippen LogP contribution in [-0.2, 0) is 23.8 Å². The van der Waals surface area contributed by atoms with E-state index in [0.717, 1.165) is 110 Å². The maximum Gasteiger partial charge on any atom is 0.409 e. The first-order valence-electron chi connectivity index (χ1n) is 22.0. The number of ether oxygens (including phenoxy) is 3. The van der Waals surface area contributed by atoms with Crippen molar-refractivity contribution in [2.45, 2.75) is 139 Å². The first-order valence-corrected chi connectivity index (χ1v) is 22.0. The second kappa shape index (κ2) is 16.3. The van der Waals surface area contributed by atoms with Crippen molar-refractivity contribution in [1.82, 2.24) is 34.7 Å². The van der Waals surface area contributed by atoms with E-state index in [1.165, 1.54) is 0 Å². The van der Waals surface area contributed by atoms with Crippen LogP contribution < -0.4 is 5.32 Å². The van der Waals surface area contributed by atoms with E-state index in [1.54, 1.807) is 23.8 Å². The van der Waals surface area contributed by atoms with Crippen molar-refractivity contribution in [2.75, 3.05) is 85.7 Å². The van der Waals surface area contributed by atoms with E-state index in [2.05, 4.69) is 20.0 Å². The average Bonchev–Trinajstić information content (AvgIpc) is 4.01. The van der Waals surface area contributed by atoms with Crippen LogP contribution in [0.15, 0.2) is 0 Å². The number of piperidine rings is 2. The topological polar surface area (TPSA) is 127 Å². The zero-order valence-corrected chi connectivity index (χ0v) is 34.3. The van der Waals surface area contributed by atoms with Gasteiger partial charge in [-0.2, -0.15) is 0 Å². The first-order chi connectivity index (χ1) is 27.4. The summed E-state index contributed by atoms with van der Waals surface area (Å²) in [6, 6.07) is -0.557. The molecule has 320 valence electrons. The molecule has 2 saturated carbocycles. The summed E-state index contributed by atoms with van der Waals surface area (Å²) >= 11 is 0. The molecule has 8 fully saturated rings.